The first-order chi connectivity index (χ1) is 10.4. The molecular formula is C22H32. The summed E-state index contributed by atoms with van der Waals surface area (Å²) in [6.07, 6.45) is 16.7. The standard InChI is InChI=1S/C22H32/c1-9-19(17(5)6)13-15-21(11-3)22(12-4)16-14-20(10-2)18(7)8/h9-18H,1,3H2,2,4-8H3/b16-14-,19-13+,20-10+,21-15+,22-12+. The van der Waals surface area contributed by atoms with Crippen LogP contribution in [0.5, 0.6) is 0 Å². The highest BCUT2D eigenvalue weighted by atomic mass is 14.1. The molecule has 0 heterocycles. The summed E-state index contributed by atoms with van der Waals surface area (Å²) in [5, 5.41) is 0. The SMILES string of the molecule is C=C\C(=C/C=C(C=C)/C(/C=C\C(=C/C)C(C)C)=C/C)C(C)C. The lowest BCUT2D eigenvalue weighted by molar-refractivity contribution is 0.789. The van der Waals surface area contributed by atoms with E-state index in [0.29, 0.717) is 11.8 Å². The van der Waals surface area contributed by atoms with Gasteiger partial charge in [0, 0.05) is 0 Å². The van der Waals surface area contributed by atoms with Gasteiger partial charge in [0.15, 0.2) is 0 Å². The van der Waals surface area contributed by atoms with Crippen LogP contribution in [0.4, 0.5) is 0 Å². The maximum absolute atomic E-state index is 3.95. The van der Waals surface area contributed by atoms with Gasteiger partial charge in [-0.25, -0.2) is 0 Å². The molecule has 0 aromatic rings. The molecule has 22 heavy (non-hydrogen) atoms. The molecule has 0 unspecified atom stereocenters. The molecular weight excluding hydrogens is 264 g/mol. The highest BCUT2D eigenvalue weighted by Crippen LogP contribution is 2.18. The molecule has 0 heteroatoms. The predicted molar refractivity (Wildman–Crippen MR) is 103 cm³/mol. The van der Waals surface area contributed by atoms with E-state index in [9.17, 15) is 0 Å². The molecule has 0 rings (SSSR count). The van der Waals surface area contributed by atoms with Crippen LogP contribution in [0, 0.1) is 11.8 Å². The van der Waals surface area contributed by atoms with Gasteiger partial charge in [-0.2, -0.15) is 0 Å². The highest BCUT2D eigenvalue weighted by molar-refractivity contribution is 5.49. The van der Waals surface area contributed by atoms with Gasteiger partial charge in [-0.15, -0.1) is 0 Å². The van der Waals surface area contributed by atoms with E-state index in [1.54, 1.807) is 0 Å². The van der Waals surface area contributed by atoms with Crippen molar-refractivity contribution in [3.8, 4) is 0 Å². The van der Waals surface area contributed by atoms with Gasteiger partial charge in [0.25, 0.3) is 0 Å². The summed E-state index contributed by atoms with van der Waals surface area (Å²) >= 11 is 0. The van der Waals surface area contributed by atoms with Crippen molar-refractivity contribution in [3.05, 3.63) is 84.1 Å². The van der Waals surface area contributed by atoms with E-state index < -0.39 is 0 Å². The van der Waals surface area contributed by atoms with Gasteiger partial charge >= 0.3 is 0 Å². The largest absolute Gasteiger partial charge is 0.0988 e. The Morgan fingerprint density at radius 3 is 1.64 bits per heavy atom. The quantitative estimate of drug-likeness (QED) is 0.424. The third-order valence-electron chi connectivity index (χ3n) is 3.68. The van der Waals surface area contributed by atoms with Gasteiger partial charge in [0.2, 0.25) is 0 Å². The van der Waals surface area contributed by atoms with Crippen molar-refractivity contribution in [2.75, 3.05) is 0 Å². The zero-order chi connectivity index (χ0) is 17.1. The fraction of sp³-hybridized carbons (Fsp3) is 0.364. The summed E-state index contributed by atoms with van der Waals surface area (Å²) in [6, 6.07) is 0. The molecule has 120 valence electrons. The van der Waals surface area contributed by atoms with E-state index in [0.717, 1.165) is 5.57 Å². The normalized spacial score (nSPS) is 15.1. The molecule has 0 radical (unpaired) electrons. The van der Waals surface area contributed by atoms with Gasteiger partial charge in [0.1, 0.15) is 0 Å². The zero-order valence-electron chi connectivity index (χ0n) is 15.2. The van der Waals surface area contributed by atoms with Crippen molar-refractivity contribution in [3.63, 3.8) is 0 Å². The van der Waals surface area contributed by atoms with Gasteiger partial charge in [-0.3, -0.25) is 0 Å². The average molecular weight is 296 g/mol. The first-order valence-electron chi connectivity index (χ1n) is 8.08. The van der Waals surface area contributed by atoms with Crippen LogP contribution < -0.4 is 0 Å². The van der Waals surface area contributed by atoms with Crippen molar-refractivity contribution in [2.45, 2.75) is 41.5 Å². The first-order valence-corrected chi connectivity index (χ1v) is 8.08. The predicted octanol–water partition coefficient (Wildman–Crippen LogP) is 6.97. The van der Waals surface area contributed by atoms with Gasteiger partial charge in [-0.05, 0) is 48.0 Å². The number of hydrogen-bond acceptors (Lipinski definition) is 0. The number of rotatable bonds is 8. The van der Waals surface area contributed by atoms with Crippen molar-refractivity contribution in [1.82, 2.24) is 0 Å². The summed E-state index contributed by atoms with van der Waals surface area (Å²) in [6.45, 7) is 20.7. The molecule has 0 aliphatic heterocycles. The minimum Gasteiger partial charge on any atom is -0.0988 e. The smallest absolute Gasteiger partial charge is 0.0193 e. The van der Waals surface area contributed by atoms with E-state index in [2.05, 4.69) is 91.2 Å². The molecule has 0 spiro atoms. The van der Waals surface area contributed by atoms with E-state index in [-0.39, 0.29) is 0 Å². The van der Waals surface area contributed by atoms with E-state index in [1.165, 1.54) is 16.7 Å². The fourth-order valence-electron chi connectivity index (χ4n) is 2.13. The van der Waals surface area contributed by atoms with Crippen molar-refractivity contribution < 1.29 is 0 Å². The van der Waals surface area contributed by atoms with Crippen LogP contribution in [0.2, 0.25) is 0 Å². The summed E-state index contributed by atoms with van der Waals surface area (Å²) < 4.78 is 0. The van der Waals surface area contributed by atoms with Gasteiger partial charge in [0.05, 0.1) is 0 Å². The monoisotopic (exact) mass is 296 g/mol. The van der Waals surface area contributed by atoms with Gasteiger partial charge in [-0.1, -0.05) is 89.5 Å². The Hall–Kier alpha value is -1.82. The van der Waals surface area contributed by atoms with Gasteiger partial charge < -0.3 is 0 Å². The molecule has 0 aliphatic rings. The maximum atomic E-state index is 3.95. The number of hydrogen-bond donors (Lipinski definition) is 0. The first kappa shape index (κ1) is 20.2. The van der Waals surface area contributed by atoms with Crippen LogP contribution in [0.15, 0.2) is 84.1 Å². The highest BCUT2D eigenvalue weighted by Gasteiger charge is 2.01. The molecule has 0 aromatic carbocycles. The Morgan fingerprint density at radius 1 is 0.682 bits per heavy atom. The van der Waals surface area contributed by atoms with E-state index >= 15 is 0 Å². The molecule has 0 fully saturated rings. The molecule has 0 amide bonds. The minimum absolute atomic E-state index is 0.472. The lowest BCUT2D eigenvalue weighted by Gasteiger charge is -2.08. The van der Waals surface area contributed by atoms with Crippen molar-refractivity contribution in [2.24, 2.45) is 11.8 Å². The second-order valence-corrected chi connectivity index (χ2v) is 5.87. The van der Waals surface area contributed by atoms with E-state index in [1.807, 2.05) is 12.2 Å². The van der Waals surface area contributed by atoms with Crippen LogP contribution in [0.1, 0.15) is 41.5 Å². The second kappa shape index (κ2) is 10.8. The molecule has 0 aliphatic carbocycles. The summed E-state index contributed by atoms with van der Waals surface area (Å²) in [5.41, 5.74) is 4.87. The maximum Gasteiger partial charge on any atom is -0.0193 e. The number of allylic oxidation sites excluding steroid dienone is 12. The van der Waals surface area contributed by atoms with Crippen LogP contribution in [-0.4, -0.2) is 0 Å². The van der Waals surface area contributed by atoms with Crippen molar-refractivity contribution in [1.29, 1.82) is 0 Å². The molecule has 0 N–H and O–H groups in total. The third-order valence-corrected chi connectivity index (χ3v) is 3.68. The third kappa shape index (κ3) is 6.76. The molecule has 0 saturated carbocycles. The van der Waals surface area contributed by atoms with Crippen LogP contribution in [-0.2, 0) is 0 Å². The summed E-state index contributed by atoms with van der Waals surface area (Å²) in [7, 11) is 0. The molecule has 0 bridgehead atoms. The van der Waals surface area contributed by atoms with Crippen molar-refractivity contribution >= 4 is 0 Å². The molecule has 0 saturated heterocycles. The Bertz CT molecular complexity index is 514. The Kier molecular flexibility index (Phi) is 9.95. The average Bonchev–Trinajstić information content (AvgIpc) is 2.48. The van der Waals surface area contributed by atoms with Crippen LogP contribution in [0.3, 0.4) is 0 Å². The molecule has 0 nitrogen and oxygen atoms in total. The molecule has 0 atom stereocenters. The molecule has 0 aromatic heterocycles. The Balaban J connectivity index is 5.49. The van der Waals surface area contributed by atoms with E-state index in [4.69, 9.17) is 0 Å². The minimum atomic E-state index is 0.472. The Morgan fingerprint density at radius 2 is 1.27 bits per heavy atom. The Labute approximate surface area is 138 Å². The summed E-state index contributed by atoms with van der Waals surface area (Å²) in [4.78, 5) is 0. The summed E-state index contributed by atoms with van der Waals surface area (Å²) in [5.74, 6) is 1.00. The van der Waals surface area contributed by atoms with Crippen LogP contribution >= 0.6 is 0 Å². The van der Waals surface area contributed by atoms with Crippen LogP contribution in [0.25, 0.3) is 0 Å². The topological polar surface area (TPSA) is 0 Å². The lowest BCUT2D eigenvalue weighted by Crippen LogP contribution is -1.91. The zero-order valence-corrected chi connectivity index (χ0v) is 15.2. The lowest BCUT2D eigenvalue weighted by atomic mass is 9.98. The fourth-order valence-corrected chi connectivity index (χ4v) is 2.13. The second-order valence-electron chi connectivity index (χ2n) is 5.87.